The number of aryl methyl sites for hydroxylation is 2. The number of fused-ring (bicyclic) bond motifs is 3. The van der Waals surface area contributed by atoms with Gasteiger partial charge in [0.15, 0.2) is 0 Å². The van der Waals surface area contributed by atoms with Crippen LogP contribution in [0.15, 0.2) is 59.7 Å². The summed E-state index contributed by atoms with van der Waals surface area (Å²) in [4.78, 5) is 45.4. The molecule has 1 fully saturated rings. The molecule has 238 valence electrons. The van der Waals surface area contributed by atoms with Crippen LogP contribution in [-0.2, 0) is 42.6 Å². The number of aliphatic hydroxyl groups is 1. The van der Waals surface area contributed by atoms with Crippen molar-refractivity contribution in [1.29, 1.82) is 0 Å². The second-order valence-electron chi connectivity index (χ2n) is 12.5. The van der Waals surface area contributed by atoms with E-state index in [-0.39, 0.29) is 30.2 Å². The summed E-state index contributed by atoms with van der Waals surface area (Å²) in [5.74, 6) is 0.0155. The van der Waals surface area contributed by atoms with Crippen molar-refractivity contribution >= 4 is 34.8 Å². The standard InChI is InChI=1S/C35H38N6O5/c1-21(42)46-20-28-27(7-5-9-31(28)41-13-12-40-30-8-4-3-6-22(30)15-32(40)35(41)45)23-14-29(34(44)39(2)19-23)38-33-11-10-24(18-36-33)37-25-16-26(43)17-25/h5,7,9-11,14-15,18-19,25-26,37,43H,3-4,6,8,12-13,16-17,20H2,1-2H3,(H,36,38). The number of hydrogen-bond acceptors (Lipinski definition) is 8. The summed E-state index contributed by atoms with van der Waals surface area (Å²) < 4.78 is 9.22. The van der Waals surface area contributed by atoms with E-state index in [1.165, 1.54) is 22.7 Å². The number of carbonyl (C=O) groups is 2. The highest BCUT2D eigenvalue weighted by Gasteiger charge is 2.32. The molecule has 0 spiro atoms. The molecule has 1 amide bonds. The van der Waals surface area contributed by atoms with E-state index in [2.05, 4.69) is 26.3 Å². The van der Waals surface area contributed by atoms with E-state index in [9.17, 15) is 19.5 Å². The zero-order valence-electron chi connectivity index (χ0n) is 26.1. The Morgan fingerprint density at radius 3 is 2.67 bits per heavy atom. The van der Waals surface area contributed by atoms with Crippen molar-refractivity contribution in [3.8, 4) is 11.1 Å². The number of esters is 1. The molecule has 3 aromatic heterocycles. The summed E-state index contributed by atoms with van der Waals surface area (Å²) in [6.45, 7) is 2.54. The maximum Gasteiger partial charge on any atom is 0.302 e. The first kappa shape index (κ1) is 29.8. The van der Waals surface area contributed by atoms with Crippen LogP contribution in [0.1, 0.15) is 59.9 Å². The Hall–Kier alpha value is -4.90. The maximum atomic E-state index is 14.0. The predicted octanol–water partition coefficient (Wildman–Crippen LogP) is 4.53. The number of anilines is 4. The topological polar surface area (TPSA) is 131 Å². The highest BCUT2D eigenvalue weighted by molar-refractivity contribution is 6.07. The van der Waals surface area contributed by atoms with E-state index in [1.807, 2.05) is 24.3 Å². The molecule has 1 saturated carbocycles. The summed E-state index contributed by atoms with van der Waals surface area (Å²) in [6.07, 6.45) is 8.91. The Morgan fingerprint density at radius 2 is 1.91 bits per heavy atom. The van der Waals surface area contributed by atoms with Crippen molar-refractivity contribution in [2.45, 2.75) is 70.7 Å². The van der Waals surface area contributed by atoms with Gasteiger partial charge in [0.25, 0.3) is 11.5 Å². The number of rotatable bonds is 8. The average Bonchev–Trinajstić information content (AvgIpc) is 3.42. The largest absolute Gasteiger partial charge is 0.461 e. The molecule has 4 heterocycles. The molecular formula is C35H38N6O5. The summed E-state index contributed by atoms with van der Waals surface area (Å²) in [5, 5.41) is 16.1. The fraction of sp³-hybridized carbons (Fsp3) is 0.371. The van der Waals surface area contributed by atoms with Gasteiger partial charge in [0, 0.05) is 56.1 Å². The lowest BCUT2D eigenvalue weighted by molar-refractivity contribution is -0.142. The van der Waals surface area contributed by atoms with E-state index >= 15 is 0 Å². The van der Waals surface area contributed by atoms with Crippen LogP contribution >= 0.6 is 0 Å². The van der Waals surface area contributed by atoms with Crippen molar-refractivity contribution in [3.63, 3.8) is 0 Å². The highest BCUT2D eigenvalue weighted by atomic mass is 16.5. The number of pyridine rings is 2. The number of hydrogen-bond donors (Lipinski definition) is 3. The molecule has 3 aliphatic rings. The van der Waals surface area contributed by atoms with Gasteiger partial charge in [0.2, 0.25) is 0 Å². The normalized spacial score (nSPS) is 18.8. The molecule has 0 unspecified atom stereocenters. The SMILES string of the molecule is CC(=O)OCc1c(-c2cc(Nc3ccc(NC4CC(O)C4)cn3)c(=O)n(C)c2)cccc1N1CCn2c(cc3c2CCCC3)C1=O. The Bertz CT molecular complexity index is 1870. The Labute approximate surface area is 266 Å². The van der Waals surface area contributed by atoms with Gasteiger partial charge < -0.3 is 34.5 Å². The third kappa shape index (κ3) is 5.66. The number of aliphatic hydroxyl groups excluding tert-OH is 1. The minimum atomic E-state index is -0.424. The van der Waals surface area contributed by atoms with Crippen LogP contribution in [0.25, 0.3) is 11.1 Å². The van der Waals surface area contributed by atoms with Gasteiger partial charge in [-0.3, -0.25) is 14.4 Å². The van der Waals surface area contributed by atoms with Crippen LogP contribution in [-0.4, -0.2) is 49.8 Å². The quantitative estimate of drug-likeness (QED) is 0.245. The molecule has 7 rings (SSSR count). The van der Waals surface area contributed by atoms with E-state index in [1.54, 1.807) is 36.5 Å². The number of aromatic nitrogens is 3. The monoisotopic (exact) mass is 622 g/mol. The Morgan fingerprint density at radius 1 is 1.09 bits per heavy atom. The number of ether oxygens (including phenoxy) is 1. The van der Waals surface area contributed by atoms with Crippen LogP contribution in [0.2, 0.25) is 0 Å². The van der Waals surface area contributed by atoms with Gasteiger partial charge in [-0.05, 0) is 80.0 Å². The molecule has 4 aromatic rings. The fourth-order valence-corrected chi connectivity index (χ4v) is 6.87. The lowest BCUT2D eigenvalue weighted by Crippen LogP contribution is -2.41. The van der Waals surface area contributed by atoms with Crippen molar-refractivity contribution in [1.82, 2.24) is 14.1 Å². The summed E-state index contributed by atoms with van der Waals surface area (Å²) in [5.41, 5.74) is 7.05. The van der Waals surface area contributed by atoms with Gasteiger partial charge in [0.05, 0.1) is 23.7 Å². The average molecular weight is 623 g/mol. The minimum Gasteiger partial charge on any atom is -0.461 e. The lowest BCUT2D eigenvalue weighted by atomic mass is 9.89. The number of carbonyl (C=O) groups excluding carboxylic acids is 2. The fourth-order valence-electron chi connectivity index (χ4n) is 6.87. The maximum absolute atomic E-state index is 14.0. The molecule has 0 saturated heterocycles. The van der Waals surface area contributed by atoms with Gasteiger partial charge in [0.1, 0.15) is 23.8 Å². The Kier molecular flexibility index (Phi) is 7.85. The molecule has 0 radical (unpaired) electrons. The van der Waals surface area contributed by atoms with Crippen LogP contribution in [0.4, 0.5) is 22.9 Å². The van der Waals surface area contributed by atoms with Crippen LogP contribution in [0.5, 0.6) is 0 Å². The van der Waals surface area contributed by atoms with Gasteiger partial charge >= 0.3 is 5.97 Å². The Balaban J connectivity index is 1.21. The molecule has 3 N–H and O–H groups in total. The molecule has 46 heavy (non-hydrogen) atoms. The molecule has 1 aromatic carbocycles. The molecule has 11 nitrogen and oxygen atoms in total. The van der Waals surface area contributed by atoms with E-state index < -0.39 is 5.97 Å². The lowest BCUT2D eigenvalue weighted by Gasteiger charge is -2.32. The van der Waals surface area contributed by atoms with Gasteiger partial charge in [-0.1, -0.05) is 12.1 Å². The molecule has 1 aliphatic heterocycles. The second-order valence-corrected chi connectivity index (χ2v) is 12.5. The predicted molar refractivity (Wildman–Crippen MR) is 176 cm³/mol. The van der Waals surface area contributed by atoms with Crippen molar-refractivity contribution in [2.75, 3.05) is 22.1 Å². The third-order valence-corrected chi connectivity index (χ3v) is 9.29. The van der Waals surface area contributed by atoms with E-state index in [4.69, 9.17) is 4.74 Å². The van der Waals surface area contributed by atoms with E-state index in [0.717, 1.165) is 42.5 Å². The second kappa shape index (κ2) is 12.1. The molecule has 2 aliphatic carbocycles. The number of amides is 1. The zero-order chi connectivity index (χ0) is 31.9. The molecule has 11 heteroatoms. The smallest absolute Gasteiger partial charge is 0.302 e. The molecular weight excluding hydrogens is 584 g/mol. The number of nitrogens with one attached hydrogen (secondary N) is 2. The summed E-state index contributed by atoms with van der Waals surface area (Å²) in [6, 6.07) is 13.4. The number of nitrogens with zero attached hydrogens (tertiary/aromatic N) is 4. The van der Waals surface area contributed by atoms with Crippen molar-refractivity contribution in [2.24, 2.45) is 7.05 Å². The molecule has 0 atom stereocenters. The van der Waals surface area contributed by atoms with Gasteiger partial charge in [-0.2, -0.15) is 0 Å². The molecule has 0 bridgehead atoms. The van der Waals surface area contributed by atoms with E-state index in [0.29, 0.717) is 54.4 Å². The summed E-state index contributed by atoms with van der Waals surface area (Å²) >= 11 is 0. The summed E-state index contributed by atoms with van der Waals surface area (Å²) in [7, 11) is 1.68. The zero-order valence-corrected chi connectivity index (χ0v) is 26.1. The van der Waals surface area contributed by atoms with Crippen LogP contribution in [0, 0.1) is 0 Å². The van der Waals surface area contributed by atoms with Crippen molar-refractivity contribution in [3.05, 3.63) is 87.7 Å². The van der Waals surface area contributed by atoms with Crippen molar-refractivity contribution < 1.29 is 19.4 Å². The van der Waals surface area contributed by atoms with Gasteiger partial charge in [-0.25, -0.2) is 4.98 Å². The van der Waals surface area contributed by atoms with Crippen LogP contribution < -0.4 is 21.1 Å². The van der Waals surface area contributed by atoms with Crippen LogP contribution in [0.3, 0.4) is 0 Å². The number of benzene rings is 1. The highest BCUT2D eigenvalue weighted by Crippen LogP contribution is 2.36. The first-order chi connectivity index (χ1) is 22.2. The third-order valence-electron chi connectivity index (χ3n) is 9.29. The first-order valence-electron chi connectivity index (χ1n) is 15.9. The minimum absolute atomic E-state index is 0.0260. The first-order valence-corrected chi connectivity index (χ1v) is 15.9. The van der Waals surface area contributed by atoms with Gasteiger partial charge in [-0.15, -0.1) is 0 Å².